The maximum atomic E-state index is 12.6. The smallest absolute Gasteiger partial charge is 0.257 e. The van der Waals surface area contributed by atoms with Crippen LogP contribution in [0.2, 0.25) is 5.15 Å². The molecule has 1 aliphatic rings. The number of aromatic nitrogens is 1. The molecule has 1 N–H and O–H groups in total. The van der Waals surface area contributed by atoms with Gasteiger partial charge in [0.05, 0.1) is 23.9 Å². The van der Waals surface area contributed by atoms with Gasteiger partial charge in [0.2, 0.25) is 0 Å². The van der Waals surface area contributed by atoms with Gasteiger partial charge in [0.1, 0.15) is 5.15 Å². The molecular weight excluding hydrogens is 348 g/mol. The number of nitrogens with zero attached hydrogens (tertiary/aromatic N) is 2. The fourth-order valence-corrected chi connectivity index (χ4v) is 2.80. The second kappa shape index (κ2) is 5.97. The molecule has 1 fully saturated rings. The minimum absolute atomic E-state index is 0.127. The lowest BCUT2D eigenvalue weighted by Crippen LogP contribution is -2.55. The Bertz CT molecular complexity index is 524. The Kier molecular flexibility index (Phi) is 4.69. The first-order valence-electron chi connectivity index (χ1n) is 6.21. The van der Waals surface area contributed by atoms with Crippen LogP contribution in [0.4, 0.5) is 0 Å². The van der Waals surface area contributed by atoms with Crippen LogP contribution < -0.4 is 0 Å². The number of morpholine rings is 1. The van der Waals surface area contributed by atoms with E-state index in [4.69, 9.17) is 16.3 Å². The minimum Gasteiger partial charge on any atom is -0.394 e. The van der Waals surface area contributed by atoms with Crippen LogP contribution >= 0.6 is 27.5 Å². The molecule has 0 aromatic carbocycles. The standard InChI is InChI=1S/C13H16BrClN2O3/c1-13(2)7-17(5-9(6-18)20-13)12(19)10-3-8(14)4-16-11(10)15/h3-4,9,18H,5-7H2,1-2H3. The molecule has 1 atom stereocenters. The molecule has 2 heterocycles. The van der Waals surface area contributed by atoms with Gasteiger partial charge in [-0.2, -0.15) is 0 Å². The Labute approximate surface area is 131 Å². The first-order chi connectivity index (χ1) is 9.32. The van der Waals surface area contributed by atoms with Gasteiger partial charge in [0, 0.05) is 23.8 Å². The molecule has 5 nitrogen and oxygen atoms in total. The lowest BCUT2D eigenvalue weighted by molar-refractivity contribution is -0.139. The molecule has 0 radical (unpaired) electrons. The number of pyridine rings is 1. The number of amides is 1. The average Bonchev–Trinajstić information content (AvgIpc) is 2.38. The molecule has 1 amide bonds. The van der Waals surface area contributed by atoms with E-state index < -0.39 is 5.60 Å². The first-order valence-corrected chi connectivity index (χ1v) is 7.38. The van der Waals surface area contributed by atoms with Gasteiger partial charge < -0.3 is 14.7 Å². The first kappa shape index (κ1) is 15.7. The summed E-state index contributed by atoms with van der Waals surface area (Å²) in [6.07, 6.45) is 1.15. The van der Waals surface area contributed by atoms with Crippen molar-refractivity contribution in [3.63, 3.8) is 0 Å². The SMILES string of the molecule is CC1(C)CN(C(=O)c2cc(Br)cnc2Cl)CC(CO)O1. The van der Waals surface area contributed by atoms with E-state index in [1.165, 1.54) is 0 Å². The number of aliphatic hydroxyl groups is 1. The molecule has 1 aromatic rings. The monoisotopic (exact) mass is 362 g/mol. The number of carbonyl (C=O) groups excluding carboxylic acids is 1. The zero-order valence-corrected chi connectivity index (χ0v) is 13.6. The van der Waals surface area contributed by atoms with Crippen molar-refractivity contribution in [2.45, 2.75) is 25.6 Å². The van der Waals surface area contributed by atoms with E-state index in [-0.39, 0.29) is 23.8 Å². The highest BCUT2D eigenvalue weighted by Gasteiger charge is 2.36. The Morgan fingerprint density at radius 1 is 1.70 bits per heavy atom. The lowest BCUT2D eigenvalue weighted by atomic mass is 10.0. The van der Waals surface area contributed by atoms with Crippen LogP contribution in [-0.2, 0) is 4.74 Å². The minimum atomic E-state index is -0.507. The third-order valence-electron chi connectivity index (χ3n) is 3.01. The molecular formula is C13H16BrClN2O3. The maximum absolute atomic E-state index is 12.6. The van der Waals surface area contributed by atoms with E-state index in [0.717, 1.165) is 0 Å². The molecule has 7 heteroatoms. The van der Waals surface area contributed by atoms with Crippen molar-refractivity contribution in [1.82, 2.24) is 9.88 Å². The lowest BCUT2D eigenvalue weighted by Gasteiger charge is -2.42. The number of halogens is 2. The summed E-state index contributed by atoms with van der Waals surface area (Å²) in [4.78, 5) is 18.2. The largest absolute Gasteiger partial charge is 0.394 e. The Morgan fingerprint density at radius 2 is 2.40 bits per heavy atom. The van der Waals surface area contributed by atoms with E-state index in [2.05, 4.69) is 20.9 Å². The van der Waals surface area contributed by atoms with E-state index in [9.17, 15) is 9.90 Å². The van der Waals surface area contributed by atoms with Crippen molar-refractivity contribution in [3.05, 3.63) is 27.5 Å². The second-order valence-corrected chi connectivity index (χ2v) is 6.63. The highest BCUT2D eigenvalue weighted by Crippen LogP contribution is 2.25. The highest BCUT2D eigenvalue weighted by atomic mass is 79.9. The van der Waals surface area contributed by atoms with Crippen LogP contribution in [0.3, 0.4) is 0 Å². The number of hydrogen-bond acceptors (Lipinski definition) is 4. The van der Waals surface area contributed by atoms with Crippen LogP contribution in [0.5, 0.6) is 0 Å². The molecule has 1 unspecified atom stereocenters. The molecule has 20 heavy (non-hydrogen) atoms. The number of rotatable bonds is 2. The number of hydrogen-bond donors (Lipinski definition) is 1. The predicted octanol–water partition coefficient (Wildman–Crippen LogP) is 2.11. The van der Waals surface area contributed by atoms with E-state index in [1.807, 2.05) is 13.8 Å². The van der Waals surface area contributed by atoms with Gasteiger partial charge in [-0.15, -0.1) is 0 Å². The van der Waals surface area contributed by atoms with Gasteiger partial charge in [0.25, 0.3) is 5.91 Å². The van der Waals surface area contributed by atoms with Gasteiger partial charge in [0.15, 0.2) is 0 Å². The Hall–Kier alpha value is -0.690. The van der Waals surface area contributed by atoms with Gasteiger partial charge >= 0.3 is 0 Å². The number of carbonyl (C=O) groups is 1. The summed E-state index contributed by atoms with van der Waals surface area (Å²) < 4.78 is 6.38. The molecule has 110 valence electrons. The van der Waals surface area contributed by atoms with Gasteiger partial charge in [-0.05, 0) is 35.8 Å². The van der Waals surface area contributed by atoms with Crippen molar-refractivity contribution in [2.24, 2.45) is 0 Å². The summed E-state index contributed by atoms with van der Waals surface area (Å²) in [5.41, 5.74) is -0.164. The van der Waals surface area contributed by atoms with E-state index in [1.54, 1.807) is 17.2 Å². The van der Waals surface area contributed by atoms with Gasteiger partial charge in [-0.1, -0.05) is 11.6 Å². The highest BCUT2D eigenvalue weighted by molar-refractivity contribution is 9.10. The Balaban J connectivity index is 2.25. The summed E-state index contributed by atoms with van der Waals surface area (Å²) in [6.45, 7) is 4.41. The summed E-state index contributed by atoms with van der Waals surface area (Å²) in [5.74, 6) is -0.210. The average molecular weight is 364 g/mol. The van der Waals surface area contributed by atoms with Crippen molar-refractivity contribution in [1.29, 1.82) is 0 Å². The quantitative estimate of drug-likeness (QED) is 0.818. The van der Waals surface area contributed by atoms with Crippen LogP contribution in [0.1, 0.15) is 24.2 Å². The molecule has 1 aromatic heterocycles. The van der Waals surface area contributed by atoms with E-state index in [0.29, 0.717) is 23.1 Å². The zero-order chi connectivity index (χ0) is 14.9. The third-order valence-corrected chi connectivity index (χ3v) is 3.74. The van der Waals surface area contributed by atoms with Crippen molar-refractivity contribution in [2.75, 3.05) is 19.7 Å². The van der Waals surface area contributed by atoms with E-state index >= 15 is 0 Å². The number of aliphatic hydroxyl groups excluding tert-OH is 1. The maximum Gasteiger partial charge on any atom is 0.257 e. The Morgan fingerprint density at radius 3 is 3.05 bits per heavy atom. The molecule has 0 bridgehead atoms. The van der Waals surface area contributed by atoms with Crippen molar-refractivity contribution < 1.29 is 14.6 Å². The molecule has 0 aliphatic carbocycles. The molecule has 1 saturated heterocycles. The van der Waals surface area contributed by atoms with Crippen molar-refractivity contribution >= 4 is 33.4 Å². The fourth-order valence-electron chi connectivity index (χ4n) is 2.29. The third kappa shape index (κ3) is 3.49. The molecule has 0 spiro atoms. The summed E-state index contributed by atoms with van der Waals surface area (Å²) in [5, 5.41) is 9.45. The number of ether oxygens (including phenoxy) is 1. The normalized spacial score (nSPS) is 21.9. The summed E-state index contributed by atoms with van der Waals surface area (Å²) in [6, 6.07) is 1.65. The van der Waals surface area contributed by atoms with Crippen molar-refractivity contribution in [3.8, 4) is 0 Å². The topological polar surface area (TPSA) is 62.7 Å². The van der Waals surface area contributed by atoms with Gasteiger partial charge in [-0.25, -0.2) is 4.98 Å². The van der Waals surface area contributed by atoms with Crippen LogP contribution in [-0.4, -0.2) is 52.3 Å². The van der Waals surface area contributed by atoms with Crippen LogP contribution in [0.25, 0.3) is 0 Å². The second-order valence-electron chi connectivity index (χ2n) is 5.36. The molecule has 1 aliphatic heterocycles. The zero-order valence-electron chi connectivity index (χ0n) is 11.3. The van der Waals surface area contributed by atoms with Crippen LogP contribution in [0, 0.1) is 0 Å². The molecule has 0 saturated carbocycles. The van der Waals surface area contributed by atoms with Crippen LogP contribution in [0.15, 0.2) is 16.7 Å². The van der Waals surface area contributed by atoms with Gasteiger partial charge in [-0.3, -0.25) is 4.79 Å². The predicted molar refractivity (Wildman–Crippen MR) is 78.9 cm³/mol. The molecule has 2 rings (SSSR count). The fraction of sp³-hybridized carbons (Fsp3) is 0.538. The summed E-state index contributed by atoms with van der Waals surface area (Å²) >= 11 is 9.27. The summed E-state index contributed by atoms with van der Waals surface area (Å²) in [7, 11) is 0.